The third-order valence-electron chi connectivity index (χ3n) is 1.64. The van der Waals surface area contributed by atoms with Crippen LogP contribution in [-0.2, 0) is 0 Å². The van der Waals surface area contributed by atoms with Gasteiger partial charge in [-0.05, 0) is 30.7 Å². The van der Waals surface area contributed by atoms with Crippen LogP contribution >= 0.6 is 11.6 Å². The topological polar surface area (TPSA) is 20.2 Å². The van der Waals surface area contributed by atoms with Gasteiger partial charge in [-0.2, -0.15) is 0 Å². The molecule has 1 aromatic rings. The SMILES string of the molecule is C/C(=C/c1c(F)cccc1Cl)CO. The molecule has 0 fully saturated rings. The molecule has 0 spiro atoms. The average molecular weight is 201 g/mol. The second-order valence-corrected chi connectivity index (χ2v) is 3.19. The Bertz CT molecular complexity index is 313. The minimum atomic E-state index is -0.375. The molecule has 0 aliphatic heterocycles. The van der Waals surface area contributed by atoms with E-state index in [-0.39, 0.29) is 12.4 Å². The van der Waals surface area contributed by atoms with Gasteiger partial charge in [0.1, 0.15) is 5.82 Å². The molecule has 0 aromatic heterocycles. The van der Waals surface area contributed by atoms with Crippen molar-refractivity contribution in [1.29, 1.82) is 0 Å². The normalized spacial score (nSPS) is 11.8. The monoisotopic (exact) mass is 200 g/mol. The molecule has 0 radical (unpaired) electrons. The molecule has 0 bridgehead atoms. The van der Waals surface area contributed by atoms with Crippen LogP contribution < -0.4 is 0 Å². The zero-order valence-corrected chi connectivity index (χ0v) is 7.98. The van der Waals surface area contributed by atoms with Crippen LogP contribution in [0.1, 0.15) is 12.5 Å². The lowest BCUT2D eigenvalue weighted by atomic mass is 10.1. The van der Waals surface area contributed by atoms with E-state index in [1.165, 1.54) is 12.1 Å². The highest BCUT2D eigenvalue weighted by molar-refractivity contribution is 6.32. The average Bonchev–Trinajstić information content (AvgIpc) is 2.11. The second-order valence-electron chi connectivity index (χ2n) is 2.78. The Balaban J connectivity index is 3.14. The molecule has 3 heteroatoms. The van der Waals surface area contributed by atoms with E-state index in [9.17, 15) is 4.39 Å². The molecule has 0 saturated carbocycles. The Morgan fingerprint density at radius 2 is 2.31 bits per heavy atom. The fourth-order valence-electron chi connectivity index (χ4n) is 0.941. The van der Waals surface area contributed by atoms with Gasteiger partial charge in [-0.1, -0.05) is 17.7 Å². The molecule has 13 heavy (non-hydrogen) atoms. The fraction of sp³-hybridized carbons (Fsp3) is 0.200. The van der Waals surface area contributed by atoms with Gasteiger partial charge in [0, 0.05) is 5.56 Å². The van der Waals surface area contributed by atoms with E-state index in [2.05, 4.69) is 0 Å². The molecule has 0 atom stereocenters. The number of benzene rings is 1. The van der Waals surface area contributed by atoms with Gasteiger partial charge in [-0.15, -0.1) is 0 Å². The first kappa shape index (κ1) is 10.2. The van der Waals surface area contributed by atoms with Crippen LogP contribution in [-0.4, -0.2) is 11.7 Å². The van der Waals surface area contributed by atoms with Crippen molar-refractivity contribution in [2.75, 3.05) is 6.61 Å². The third-order valence-corrected chi connectivity index (χ3v) is 1.97. The van der Waals surface area contributed by atoms with E-state index >= 15 is 0 Å². The summed E-state index contributed by atoms with van der Waals surface area (Å²) in [5, 5.41) is 9.10. The van der Waals surface area contributed by atoms with E-state index in [0.29, 0.717) is 16.2 Å². The third kappa shape index (κ3) is 2.54. The summed E-state index contributed by atoms with van der Waals surface area (Å²) in [5.74, 6) is -0.375. The zero-order valence-electron chi connectivity index (χ0n) is 7.22. The van der Waals surface area contributed by atoms with Gasteiger partial charge in [0.05, 0.1) is 11.6 Å². The van der Waals surface area contributed by atoms with Crippen LogP contribution in [0.15, 0.2) is 23.8 Å². The molecule has 0 saturated heterocycles. The Hall–Kier alpha value is -0.860. The predicted molar refractivity (Wildman–Crippen MR) is 52.1 cm³/mol. The summed E-state index contributed by atoms with van der Waals surface area (Å²) < 4.78 is 13.1. The standard InChI is InChI=1S/C10H10ClFO/c1-7(6-13)5-8-9(11)3-2-4-10(8)12/h2-5,13H,6H2,1H3/b7-5-. The lowest BCUT2D eigenvalue weighted by Crippen LogP contribution is -1.88. The summed E-state index contributed by atoms with van der Waals surface area (Å²) in [6.07, 6.45) is 1.54. The maximum atomic E-state index is 13.1. The molecule has 1 rings (SSSR count). The number of aliphatic hydroxyl groups excluding tert-OH is 1. The van der Waals surface area contributed by atoms with Crippen molar-refractivity contribution in [2.45, 2.75) is 6.92 Å². The van der Waals surface area contributed by atoms with Crippen LogP contribution in [0.5, 0.6) is 0 Å². The lowest BCUT2D eigenvalue weighted by molar-refractivity contribution is 0.332. The zero-order chi connectivity index (χ0) is 9.84. The van der Waals surface area contributed by atoms with Gasteiger partial charge < -0.3 is 5.11 Å². The quantitative estimate of drug-likeness (QED) is 0.779. The molecular formula is C10H10ClFO. The van der Waals surface area contributed by atoms with E-state index in [1.807, 2.05) is 0 Å². The summed E-state index contributed by atoms with van der Waals surface area (Å²) in [5.41, 5.74) is 1.00. The Morgan fingerprint density at radius 3 is 2.85 bits per heavy atom. The highest BCUT2D eigenvalue weighted by Gasteiger charge is 2.03. The highest BCUT2D eigenvalue weighted by atomic mass is 35.5. The number of hydrogen-bond acceptors (Lipinski definition) is 1. The lowest BCUT2D eigenvalue weighted by Gasteiger charge is -2.01. The first-order chi connectivity index (χ1) is 6.15. The summed E-state index contributed by atoms with van der Waals surface area (Å²) in [6, 6.07) is 4.49. The van der Waals surface area contributed by atoms with Crippen molar-refractivity contribution in [2.24, 2.45) is 0 Å². The molecule has 0 unspecified atom stereocenters. The Labute approximate surface area is 81.5 Å². The van der Waals surface area contributed by atoms with Gasteiger partial charge in [-0.3, -0.25) is 0 Å². The predicted octanol–water partition coefficient (Wildman–Crippen LogP) is 2.87. The number of rotatable bonds is 2. The smallest absolute Gasteiger partial charge is 0.131 e. The van der Waals surface area contributed by atoms with Crippen LogP contribution in [0.3, 0.4) is 0 Å². The molecule has 0 aliphatic carbocycles. The molecule has 1 N–H and O–H groups in total. The van der Waals surface area contributed by atoms with Gasteiger partial charge in [0.2, 0.25) is 0 Å². The van der Waals surface area contributed by atoms with Crippen molar-refractivity contribution < 1.29 is 9.50 Å². The maximum absolute atomic E-state index is 13.1. The molecular weight excluding hydrogens is 191 g/mol. The summed E-state index contributed by atoms with van der Waals surface area (Å²) in [6.45, 7) is 1.62. The van der Waals surface area contributed by atoms with Crippen LogP contribution in [0.4, 0.5) is 4.39 Å². The fourth-order valence-corrected chi connectivity index (χ4v) is 1.16. The Morgan fingerprint density at radius 1 is 1.62 bits per heavy atom. The number of halogens is 2. The number of hydrogen-bond donors (Lipinski definition) is 1. The van der Waals surface area contributed by atoms with E-state index < -0.39 is 0 Å². The summed E-state index contributed by atoms with van der Waals surface area (Å²) >= 11 is 5.76. The summed E-state index contributed by atoms with van der Waals surface area (Å²) in [4.78, 5) is 0. The number of aliphatic hydroxyl groups is 1. The van der Waals surface area contributed by atoms with Crippen LogP contribution in [0.2, 0.25) is 5.02 Å². The van der Waals surface area contributed by atoms with Crippen LogP contribution in [0.25, 0.3) is 6.08 Å². The van der Waals surface area contributed by atoms with Gasteiger partial charge in [0.15, 0.2) is 0 Å². The van der Waals surface area contributed by atoms with Gasteiger partial charge in [0.25, 0.3) is 0 Å². The molecule has 0 heterocycles. The molecule has 1 aromatic carbocycles. The van der Waals surface area contributed by atoms with E-state index in [1.54, 1.807) is 19.1 Å². The Kier molecular flexibility index (Phi) is 3.46. The first-order valence-electron chi connectivity index (χ1n) is 3.87. The minimum Gasteiger partial charge on any atom is -0.392 e. The van der Waals surface area contributed by atoms with Crippen molar-refractivity contribution in [1.82, 2.24) is 0 Å². The molecule has 70 valence electrons. The first-order valence-corrected chi connectivity index (χ1v) is 4.25. The largest absolute Gasteiger partial charge is 0.392 e. The van der Waals surface area contributed by atoms with Crippen molar-refractivity contribution in [3.63, 3.8) is 0 Å². The van der Waals surface area contributed by atoms with E-state index in [0.717, 1.165) is 0 Å². The van der Waals surface area contributed by atoms with Gasteiger partial charge in [-0.25, -0.2) is 4.39 Å². The van der Waals surface area contributed by atoms with Crippen molar-refractivity contribution in [3.8, 4) is 0 Å². The van der Waals surface area contributed by atoms with Crippen LogP contribution in [0, 0.1) is 5.82 Å². The molecule has 1 nitrogen and oxygen atoms in total. The maximum Gasteiger partial charge on any atom is 0.131 e. The summed E-state index contributed by atoms with van der Waals surface area (Å²) in [7, 11) is 0. The highest BCUT2D eigenvalue weighted by Crippen LogP contribution is 2.21. The van der Waals surface area contributed by atoms with E-state index in [4.69, 9.17) is 16.7 Å². The van der Waals surface area contributed by atoms with Crippen molar-refractivity contribution >= 4 is 17.7 Å². The minimum absolute atomic E-state index is 0.0926. The molecule has 0 amide bonds. The van der Waals surface area contributed by atoms with Gasteiger partial charge >= 0.3 is 0 Å². The second kappa shape index (κ2) is 4.40. The van der Waals surface area contributed by atoms with Crippen molar-refractivity contribution in [3.05, 3.63) is 40.2 Å². The molecule has 0 aliphatic rings.